The summed E-state index contributed by atoms with van der Waals surface area (Å²) in [6.07, 6.45) is 8.14. The smallest absolute Gasteiger partial charge is 0.191 e. The first kappa shape index (κ1) is 19.6. The largest absolute Gasteiger partial charge is 0.357 e. The second kappa shape index (κ2) is 9.68. The Morgan fingerprint density at radius 3 is 2.79 bits per heavy atom. The predicted octanol–water partition coefficient (Wildman–Crippen LogP) is 2.23. The van der Waals surface area contributed by atoms with Crippen molar-refractivity contribution in [3.63, 3.8) is 0 Å². The van der Waals surface area contributed by atoms with Gasteiger partial charge in [-0.15, -0.1) is 0 Å². The number of aryl methyl sites for hydroxylation is 3. The lowest BCUT2D eigenvalue weighted by molar-refractivity contribution is 0.555. The monoisotopic (exact) mass is 380 g/mol. The van der Waals surface area contributed by atoms with E-state index in [1.807, 2.05) is 29.8 Å². The Bertz CT molecular complexity index is 895. The van der Waals surface area contributed by atoms with Crippen molar-refractivity contribution in [3.05, 3.63) is 60.1 Å². The number of nitrogens with one attached hydrogen (secondary N) is 2. The first-order valence-electron chi connectivity index (χ1n) is 9.62. The van der Waals surface area contributed by atoms with Crippen LogP contribution in [0.5, 0.6) is 0 Å². The molecule has 0 saturated heterocycles. The Balaban J connectivity index is 1.54. The highest BCUT2D eigenvalue weighted by atomic mass is 15.3. The van der Waals surface area contributed by atoms with Gasteiger partial charge in [-0.1, -0.05) is 0 Å². The molecule has 0 aliphatic rings. The zero-order valence-electron chi connectivity index (χ0n) is 16.8. The highest BCUT2D eigenvalue weighted by Crippen LogP contribution is 2.08. The van der Waals surface area contributed by atoms with E-state index in [9.17, 15) is 0 Å². The van der Waals surface area contributed by atoms with Gasteiger partial charge in [0.05, 0.1) is 12.2 Å². The van der Waals surface area contributed by atoms with Crippen LogP contribution in [0.15, 0.2) is 48.1 Å². The molecule has 0 bridgehead atoms. The molecule has 28 heavy (non-hydrogen) atoms. The molecule has 2 N–H and O–H groups in total. The third kappa shape index (κ3) is 5.42. The van der Waals surface area contributed by atoms with Gasteiger partial charge in [0.15, 0.2) is 5.96 Å². The molecule has 3 aromatic rings. The molecule has 0 atom stereocenters. The molecule has 0 aromatic carbocycles. The van der Waals surface area contributed by atoms with Crippen LogP contribution in [-0.4, -0.2) is 43.4 Å². The van der Waals surface area contributed by atoms with Gasteiger partial charge in [0.1, 0.15) is 12.1 Å². The first-order chi connectivity index (χ1) is 13.7. The number of hydrogen-bond acceptors (Lipinski definition) is 4. The maximum atomic E-state index is 4.69. The molecule has 0 aliphatic carbocycles. The normalized spacial score (nSPS) is 11.6. The van der Waals surface area contributed by atoms with E-state index in [-0.39, 0.29) is 0 Å². The lowest BCUT2D eigenvalue weighted by Gasteiger charge is -2.12. The zero-order valence-corrected chi connectivity index (χ0v) is 16.8. The second-order valence-electron chi connectivity index (χ2n) is 6.62. The second-order valence-corrected chi connectivity index (χ2v) is 6.62. The summed E-state index contributed by atoms with van der Waals surface area (Å²) in [5.74, 6) is 1.66. The number of nitrogens with zero attached hydrogens (tertiary/aromatic N) is 6. The predicted molar refractivity (Wildman–Crippen MR) is 110 cm³/mol. The molecule has 0 fully saturated rings. The molecule has 0 radical (unpaired) electrons. The minimum Gasteiger partial charge on any atom is -0.357 e. The van der Waals surface area contributed by atoms with Crippen LogP contribution in [0.25, 0.3) is 5.82 Å². The summed E-state index contributed by atoms with van der Waals surface area (Å²) >= 11 is 0. The van der Waals surface area contributed by atoms with Gasteiger partial charge < -0.3 is 10.6 Å². The van der Waals surface area contributed by atoms with Crippen LogP contribution >= 0.6 is 0 Å². The molecule has 0 unspecified atom stereocenters. The van der Waals surface area contributed by atoms with Gasteiger partial charge >= 0.3 is 0 Å². The van der Waals surface area contributed by atoms with Crippen LogP contribution in [0.2, 0.25) is 0 Å². The standard InChI is InChI=1S/C20H28N8/c1-4-22-20(24-7-5-10-28-17(3)12-16(2)26-28)25-14-18-6-8-23-19(13-18)27-11-9-21-15-27/h6,8-9,11-13,15H,4-5,7,10,14H2,1-3H3,(H2,22,24,25). The molecule has 3 rings (SSSR count). The molecule has 8 heteroatoms. The number of pyridine rings is 1. The van der Waals surface area contributed by atoms with Crippen LogP contribution in [-0.2, 0) is 13.1 Å². The van der Waals surface area contributed by atoms with Crippen molar-refractivity contribution in [1.82, 2.24) is 34.9 Å². The maximum absolute atomic E-state index is 4.69. The lowest BCUT2D eigenvalue weighted by atomic mass is 10.2. The van der Waals surface area contributed by atoms with Crippen LogP contribution in [0, 0.1) is 13.8 Å². The molecule has 3 heterocycles. The molecule has 0 amide bonds. The van der Waals surface area contributed by atoms with Crippen molar-refractivity contribution in [2.45, 2.75) is 40.3 Å². The van der Waals surface area contributed by atoms with Gasteiger partial charge in [0, 0.05) is 43.9 Å². The molecule has 8 nitrogen and oxygen atoms in total. The number of rotatable bonds is 8. The molecule has 0 spiro atoms. The van der Waals surface area contributed by atoms with E-state index in [0.29, 0.717) is 6.54 Å². The van der Waals surface area contributed by atoms with E-state index in [0.717, 1.165) is 49.1 Å². The average molecular weight is 381 g/mol. The van der Waals surface area contributed by atoms with Crippen molar-refractivity contribution in [2.75, 3.05) is 13.1 Å². The van der Waals surface area contributed by atoms with E-state index in [4.69, 9.17) is 4.99 Å². The van der Waals surface area contributed by atoms with Crippen LogP contribution in [0.1, 0.15) is 30.3 Å². The van der Waals surface area contributed by atoms with Crippen molar-refractivity contribution < 1.29 is 0 Å². The van der Waals surface area contributed by atoms with Gasteiger partial charge in [-0.25, -0.2) is 15.0 Å². The minimum atomic E-state index is 0.580. The van der Waals surface area contributed by atoms with Crippen molar-refractivity contribution in [1.29, 1.82) is 0 Å². The summed E-state index contributed by atoms with van der Waals surface area (Å²) in [5.41, 5.74) is 3.36. The fraction of sp³-hybridized carbons (Fsp3) is 0.400. The Morgan fingerprint density at radius 2 is 2.07 bits per heavy atom. The fourth-order valence-corrected chi connectivity index (χ4v) is 2.94. The quantitative estimate of drug-likeness (QED) is 0.356. The summed E-state index contributed by atoms with van der Waals surface area (Å²) < 4.78 is 3.94. The van der Waals surface area contributed by atoms with Crippen LogP contribution in [0.3, 0.4) is 0 Å². The van der Waals surface area contributed by atoms with E-state index >= 15 is 0 Å². The third-order valence-electron chi connectivity index (χ3n) is 4.29. The van der Waals surface area contributed by atoms with Gasteiger partial charge in [-0.05, 0) is 51.0 Å². The van der Waals surface area contributed by atoms with Gasteiger partial charge in [-0.3, -0.25) is 9.25 Å². The minimum absolute atomic E-state index is 0.580. The Morgan fingerprint density at radius 1 is 1.18 bits per heavy atom. The summed E-state index contributed by atoms with van der Waals surface area (Å²) in [6, 6.07) is 6.11. The highest BCUT2D eigenvalue weighted by Gasteiger charge is 2.03. The molecule has 148 valence electrons. The van der Waals surface area contributed by atoms with Crippen LogP contribution in [0.4, 0.5) is 0 Å². The summed E-state index contributed by atoms with van der Waals surface area (Å²) in [5, 5.41) is 11.2. The van der Waals surface area contributed by atoms with E-state index in [2.05, 4.69) is 50.3 Å². The molecule has 3 aromatic heterocycles. The Labute approximate surface area is 165 Å². The number of aromatic nitrogens is 5. The topological polar surface area (TPSA) is 85.0 Å². The number of guanidine groups is 1. The maximum Gasteiger partial charge on any atom is 0.191 e. The molecular weight excluding hydrogens is 352 g/mol. The number of imidazole rings is 1. The third-order valence-corrected chi connectivity index (χ3v) is 4.29. The molecule has 0 saturated carbocycles. The fourth-order valence-electron chi connectivity index (χ4n) is 2.94. The van der Waals surface area contributed by atoms with Crippen molar-refractivity contribution in [2.24, 2.45) is 4.99 Å². The summed E-state index contributed by atoms with van der Waals surface area (Å²) in [4.78, 5) is 13.1. The highest BCUT2D eigenvalue weighted by molar-refractivity contribution is 5.79. The Kier molecular flexibility index (Phi) is 6.78. The van der Waals surface area contributed by atoms with Gasteiger partial charge in [-0.2, -0.15) is 5.10 Å². The number of hydrogen-bond donors (Lipinski definition) is 2. The van der Waals surface area contributed by atoms with Gasteiger partial charge in [0.25, 0.3) is 0 Å². The molecule has 0 aliphatic heterocycles. The van der Waals surface area contributed by atoms with E-state index in [1.54, 1.807) is 18.7 Å². The van der Waals surface area contributed by atoms with E-state index < -0.39 is 0 Å². The average Bonchev–Trinajstić information content (AvgIpc) is 3.33. The summed E-state index contributed by atoms with van der Waals surface area (Å²) in [7, 11) is 0. The molecular formula is C20H28N8. The van der Waals surface area contributed by atoms with Crippen molar-refractivity contribution >= 4 is 5.96 Å². The summed E-state index contributed by atoms with van der Waals surface area (Å²) in [6.45, 7) is 9.31. The van der Waals surface area contributed by atoms with Crippen molar-refractivity contribution in [3.8, 4) is 5.82 Å². The van der Waals surface area contributed by atoms with Crippen LogP contribution < -0.4 is 10.6 Å². The first-order valence-corrected chi connectivity index (χ1v) is 9.62. The Hall–Kier alpha value is -3.16. The number of aliphatic imine (C=N–C) groups is 1. The SMILES string of the molecule is CCNC(=NCc1ccnc(-n2ccnc2)c1)NCCCn1nc(C)cc1C. The lowest BCUT2D eigenvalue weighted by Crippen LogP contribution is -2.38. The van der Waals surface area contributed by atoms with E-state index in [1.165, 1.54) is 5.69 Å². The van der Waals surface area contributed by atoms with Gasteiger partial charge in [0.2, 0.25) is 0 Å². The zero-order chi connectivity index (χ0) is 19.8.